The van der Waals surface area contributed by atoms with Crippen LogP contribution in [-0.2, 0) is 6.18 Å². The maximum absolute atomic E-state index is 13.2. The third kappa shape index (κ3) is 3.82. The van der Waals surface area contributed by atoms with Crippen molar-refractivity contribution in [3.63, 3.8) is 0 Å². The van der Waals surface area contributed by atoms with Crippen LogP contribution in [0.15, 0.2) is 83.7 Å². The van der Waals surface area contributed by atoms with Crippen LogP contribution in [0, 0.1) is 0 Å². The fraction of sp³-hybridized carbons (Fsp3) is 0.0435. The van der Waals surface area contributed by atoms with Crippen molar-refractivity contribution in [2.45, 2.75) is 6.18 Å². The molecule has 4 rings (SSSR count). The SMILES string of the molecule is O=c1c2ccccc2nc(C=Cc2ccccc2)n1-c1cccc(C(F)(F)F)c1. The van der Waals surface area contributed by atoms with Crippen LogP contribution in [0.5, 0.6) is 0 Å². The molecular weight excluding hydrogens is 377 g/mol. The number of benzene rings is 3. The summed E-state index contributed by atoms with van der Waals surface area (Å²) in [7, 11) is 0. The molecule has 0 saturated heterocycles. The topological polar surface area (TPSA) is 34.9 Å². The quantitative estimate of drug-likeness (QED) is 0.457. The number of fused-ring (bicyclic) bond motifs is 1. The first-order valence-electron chi connectivity index (χ1n) is 8.86. The lowest BCUT2D eigenvalue weighted by Gasteiger charge is -2.13. The Labute approximate surface area is 164 Å². The third-order valence-corrected chi connectivity index (χ3v) is 4.46. The maximum atomic E-state index is 13.2. The predicted octanol–water partition coefficient (Wildman–Crippen LogP) is 5.57. The fourth-order valence-electron chi connectivity index (χ4n) is 3.07. The lowest BCUT2D eigenvalue weighted by molar-refractivity contribution is -0.137. The molecule has 0 N–H and O–H groups in total. The molecule has 0 atom stereocenters. The predicted molar refractivity (Wildman–Crippen MR) is 108 cm³/mol. The van der Waals surface area contributed by atoms with E-state index in [1.165, 1.54) is 16.7 Å². The van der Waals surface area contributed by atoms with Gasteiger partial charge in [-0.3, -0.25) is 9.36 Å². The summed E-state index contributed by atoms with van der Waals surface area (Å²) in [6, 6.07) is 20.8. The van der Waals surface area contributed by atoms with E-state index in [1.54, 1.807) is 36.4 Å². The normalized spacial score (nSPS) is 12.0. The second-order valence-electron chi connectivity index (χ2n) is 6.42. The van der Waals surface area contributed by atoms with Gasteiger partial charge in [-0.2, -0.15) is 13.2 Å². The minimum absolute atomic E-state index is 0.107. The monoisotopic (exact) mass is 392 g/mol. The Morgan fingerprint density at radius 3 is 2.31 bits per heavy atom. The molecule has 6 heteroatoms. The Hall–Kier alpha value is -3.67. The number of aromatic nitrogens is 2. The van der Waals surface area contributed by atoms with E-state index >= 15 is 0 Å². The van der Waals surface area contributed by atoms with Gasteiger partial charge >= 0.3 is 6.18 Å². The zero-order valence-corrected chi connectivity index (χ0v) is 15.1. The summed E-state index contributed by atoms with van der Waals surface area (Å²) in [5.74, 6) is 0.247. The van der Waals surface area contributed by atoms with Crippen molar-refractivity contribution in [2.24, 2.45) is 0 Å². The molecule has 0 unspecified atom stereocenters. The zero-order valence-electron chi connectivity index (χ0n) is 15.1. The van der Waals surface area contributed by atoms with Crippen LogP contribution >= 0.6 is 0 Å². The lowest BCUT2D eigenvalue weighted by Crippen LogP contribution is -2.22. The Morgan fingerprint density at radius 2 is 1.55 bits per heavy atom. The van der Waals surface area contributed by atoms with Gasteiger partial charge in [0.05, 0.1) is 22.2 Å². The first-order chi connectivity index (χ1) is 13.9. The highest BCUT2D eigenvalue weighted by atomic mass is 19.4. The van der Waals surface area contributed by atoms with Gasteiger partial charge in [0, 0.05) is 0 Å². The number of halogens is 3. The van der Waals surface area contributed by atoms with Crippen LogP contribution in [0.2, 0.25) is 0 Å². The second-order valence-corrected chi connectivity index (χ2v) is 6.42. The molecule has 1 aromatic heterocycles. The van der Waals surface area contributed by atoms with E-state index < -0.39 is 17.3 Å². The second kappa shape index (κ2) is 7.39. The van der Waals surface area contributed by atoms with E-state index in [0.29, 0.717) is 10.9 Å². The van der Waals surface area contributed by atoms with Crippen LogP contribution in [0.4, 0.5) is 13.2 Å². The van der Waals surface area contributed by atoms with E-state index in [9.17, 15) is 18.0 Å². The number of alkyl halides is 3. The molecule has 0 aliphatic carbocycles. The highest BCUT2D eigenvalue weighted by Gasteiger charge is 2.30. The van der Waals surface area contributed by atoms with Crippen LogP contribution in [0.1, 0.15) is 17.0 Å². The van der Waals surface area contributed by atoms with Crippen molar-refractivity contribution in [2.75, 3.05) is 0 Å². The van der Waals surface area contributed by atoms with Crippen molar-refractivity contribution in [1.29, 1.82) is 0 Å². The first-order valence-corrected chi connectivity index (χ1v) is 8.86. The number of rotatable bonds is 3. The molecule has 0 amide bonds. The Balaban J connectivity index is 1.96. The summed E-state index contributed by atoms with van der Waals surface area (Å²) in [4.78, 5) is 17.6. The Morgan fingerprint density at radius 1 is 0.828 bits per heavy atom. The molecule has 3 nitrogen and oxygen atoms in total. The van der Waals surface area contributed by atoms with E-state index in [1.807, 2.05) is 30.3 Å². The number of hydrogen-bond donors (Lipinski definition) is 0. The van der Waals surface area contributed by atoms with Gasteiger partial charge in [-0.15, -0.1) is 0 Å². The van der Waals surface area contributed by atoms with Crippen LogP contribution in [-0.4, -0.2) is 9.55 Å². The van der Waals surface area contributed by atoms with Crippen LogP contribution < -0.4 is 5.56 Å². The first kappa shape index (κ1) is 18.7. The summed E-state index contributed by atoms with van der Waals surface area (Å²) in [5, 5.41) is 0.335. The Bertz CT molecular complexity index is 1260. The average molecular weight is 392 g/mol. The third-order valence-electron chi connectivity index (χ3n) is 4.46. The fourth-order valence-corrected chi connectivity index (χ4v) is 3.07. The van der Waals surface area contributed by atoms with Crippen molar-refractivity contribution in [3.05, 3.63) is 106 Å². The molecule has 0 bridgehead atoms. The smallest absolute Gasteiger partial charge is 0.268 e. The average Bonchev–Trinajstić information content (AvgIpc) is 2.72. The zero-order chi connectivity index (χ0) is 20.4. The van der Waals surface area contributed by atoms with Gasteiger partial charge in [0.2, 0.25) is 0 Å². The molecule has 0 aliphatic rings. The van der Waals surface area contributed by atoms with E-state index in [4.69, 9.17) is 0 Å². The minimum Gasteiger partial charge on any atom is -0.268 e. The molecular formula is C23H15F3N2O. The molecule has 3 aromatic carbocycles. The molecule has 4 aromatic rings. The van der Waals surface area contributed by atoms with Crippen LogP contribution in [0.3, 0.4) is 0 Å². The van der Waals surface area contributed by atoms with E-state index in [2.05, 4.69) is 4.98 Å². The standard InChI is InChI=1S/C23H15F3N2O/c24-23(25,26)17-9-6-10-18(15-17)28-21(14-13-16-7-2-1-3-8-16)27-20-12-5-4-11-19(20)22(28)29/h1-15H. The summed E-state index contributed by atoms with van der Waals surface area (Å²) < 4.78 is 40.8. The maximum Gasteiger partial charge on any atom is 0.416 e. The number of hydrogen-bond acceptors (Lipinski definition) is 2. The highest BCUT2D eigenvalue weighted by molar-refractivity contribution is 5.80. The Kier molecular flexibility index (Phi) is 4.76. The molecule has 0 aliphatic heterocycles. The van der Waals surface area contributed by atoms with Crippen molar-refractivity contribution < 1.29 is 13.2 Å². The van der Waals surface area contributed by atoms with Crippen molar-refractivity contribution in [3.8, 4) is 5.69 Å². The lowest BCUT2D eigenvalue weighted by atomic mass is 10.1. The molecule has 144 valence electrons. The van der Waals surface area contributed by atoms with Gasteiger partial charge in [-0.05, 0) is 42.0 Å². The number of nitrogens with zero attached hydrogens (tertiary/aromatic N) is 2. The molecule has 1 heterocycles. The van der Waals surface area contributed by atoms with Crippen LogP contribution in [0.25, 0.3) is 28.7 Å². The van der Waals surface area contributed by atoms with Gasteiger partial charge in [0.15, 0.2) is 0 Å². The van der Waals surface area contributed by atoms with E-state index in [0.717, 1.165) is 17.7 Å². The summed E-state index contributed by atoms with van der Waals surface area (Å²) in [5.41, 5.74) is 0.213. The minimum atomic E-state index is -4.51. The molecule has 0 spiro atoms. The summed E-state index contributed by atoms with van der Waals surface area (Å²) in [6.45, 7) is 0. The van der Waals surface area contributed by atoms with Gasteiger partial charge < -0.3 is 0 Å². The number of para-hydroxylation sites is 1. The van der Waals surface area contributed by atoms with Gasteiger partial charge in [0.1, 0.15) is 5.82 Å². The van der Waals surface area contributed by atoms with Gasteiger partial charge in [-0.1, -0.05) is 54.6 Å². The highest BCUT2D eigenvalue weighted by Crippen LogP contribution is 2.30. The summed E-state index contributed by atoms with van der Waals surface area (Å²) in [6.07, 6.45) is -1.12. The van der Waals surface area contributed by atoms with Gasteiger partial charge in [-0.25, -0.2) is 4.98 Å². The largest absolute Gasteiger partial charge is 0.416 e. The molecule has 0 saturated carbocycles. The van der Waals surface area contributed by atoms with E-state index in [-0.39, 0.29) is 11.5 Å². The molecule has 29 heavy (non-hydrogen) atoms. The summed E-state index contributed by atoms with van der Waals surface area (Å²) >= 11 is 0. The van der Waals surface area contributed by atoms with Crippen molar-refractivity contribution in [1.82, 2.24) is 9.55 Å². The van der Waals surface area contributed by atoms with Crippen molar-refractivity contribution >= 4 is 23.1 Å². The van der Waals surface area contributed by atoms with Gasteiger partial charge in [0.25, 0.3) is 5.56 Å². The molecule has 0 fully saturated rings. The molecule has 0 radical (unpaired) electrons.